The first kappa shape index (κ1) is 16.6. The molecule has 1 aromatic carbocycles. The number of aryl methyl sites for hydroxylation is 2. The second kappa shape index (κ2) is 7.15. The summed E-state index contributed by atoms with van der Waals surface area (Å²) in [7, 11) is 0. The quantitative estimate of drug-likeness (QED) is 0.685. The lowest BCUT2D eigenvalue weighted by atomic mass is 10.1. The molecular weight excluding hydrogens is 352 g/mol. The van der Waals surface area contributed by atoms with Crippen molar-refractivity contribution in [2.75, 3.05) is 6.79 Å². The van der Waals surface area contributed by atoms with Crippen molar-refractivity contribution >= 4 is 22.7 Å². The SMILES string of the molecule is Cc1csc(C(Cc2ccsc2)NCc2cc3c(cc2C)OCO3)n1. The maximum atomic E-state index is 5.52. The van der Waals surface area contributed by atoms with Crippen LogP contribution in [0.2, 0.25) is 0 Å². The van der Waals surface area contributed by atoms with Crippen molar-refractivity contribution in [1.29, 1.82) is 0 Å². The molecule has 1 atom stereocenters. The van der Waals surface area contributed by atoms with Crippen LogP contribution in [0.3, 0.4) is 0 Å². The summed E-state index contributed by atoms with van der Waals surface area (Å²) in [6.45, 7) is 5.24. The molecule has 6 heteroatoms. The molecule has 0 fully saturated rings. The van der Waals surface area contributed by atoms with E-state index in [-0.39, 0.29) is 6.04 Å². The lowest BCUT2D eigenvalue weighted by Crippen LogP contribution is -2.23. The summed E-state index contributed by atoms with van der Waals surface area (Å²) in [5.41, 5.74) is 4.86. The van der Waals surface area contributed by atoms with Crippen LogP contribution in [-0.2, 0) is 13.0 Å². The monoisotopic (exact) mass is 372 g/mol. The summed E-state index contributed by atoms with van der Waals surface area (Å²) in [6.07, 6.45) is 0.944. The van der Waals surface area contributed by atoms with E-state index in [2.05, 4.69) is 46.6 Å². The van der Waals surface area contributed by atoms with Gasteiger partial charge in [-0.25, -0.2) is 4.98 Å². The van der Waals surface area contributed by atoms with Gasteiger partial charge in [-0.3, -0.25) is 0 Å². The van der Waals surface area contributed by atoms with Crippen LogP contribution in [0.5, 0.6) is 11.5 Å². The fourth-order valence-corrected chi connectivity index (χ4v) is 4.49. The number of nitrogens with zero attached hydrogens (tertiary/aromatic N) is 1. The van der Waals surface area contributed by atoms with Gasteiger partial charge >= 0.3 is 0 Å². The van der Waals surface area contributed by atoms with Gasteiger partial charge in [-0.05, 0) is 65.9 Å². The number of benzene rings is 1. The molecule has 0 bridgehead atoms. The van der Waals surface area contributed by atoms with Crippen LogP contribution in [0.4, 0.5) is 0 Å². The molecular formula is C19H20N2O2S2. The van der Waals surface area contributed by atoms with E-state index in [0.29, 0.717) is 6.79 Å². The molecule has 4 rings (SSSR count). The summed E-state index contributed by atoms with van der Waals surface area (Å²) < 4.78 is 11.0. The van der Waals surface area contributed by atoms with Gasteiger partial charge in [0.25, 0.3) is 0 Å². The minimum atomic E-state index is 0.207. The van der Waals surface area contributed by atoms with Crippen molar-refractivity contribution in [2.24, 2.45) is 0 Å². The third-order valence-electron chi connectivity index (χ3n) is 4.32. The lowest BCUT2D eigenvalue weighted by Gasteiger charge is -2.17. The van der Waals surface area contributed by atoms with Crippen LogP contribution in [0.15, 0.2) is 34.3 Å². The Morgan fingerprint density at radius 2 is 2.04 bits per heavy atom. The number of rotatable bonds is 6. The smallest absolute Gasteiger partial charge is 0.231 e. The molecule has 0 amide bonds. The van der Waals surface area contributed by atoms with Gasteiger partial charge in [0.15, 0.2) is 11.5 Å². The standard InChI is InChI=1S/C19H20N2O2S2/c1-12-5-17-18(23-11-22-17)7-15(12)8-20-16(6-14-3-4-24-10-14)19-21-13(2)9-25-19/h3-5,7,9-10,16,20H,6,8,11H2,1-2H3. The van der Waals surface area contributed by atoms with Gasteiger partial charge in [0.05, 0.1) is 6.04 Å². The number of thiophene rings is 1. The predicted octanol–water partition coefficient (Wildman–Crippen LogP) is 4.62. The predicted molar refractivity (Wildman–Crippen MR) is 102 cm³/mol. The molecule has 1 N–H and O–H groups in total. The number of hydrogen-bond donors (Lipinski definition) is 1. The van der Waals surface area contributed by atoms with Crippen LogP contribution in [0.1, 0.15) is 33.4 Å². The van der Waals surface area contributed by atoms with Crippen molar-refractivity contribution in [1.82, 2.24) is 10.3 Å². The Morgan fingerprint density at radius 3 is 2.76 bits per heavy atom. The summed E-state index contributed by atoms with van der Waals surface area (Å²) in [6, 6.07) is 6.53. The van der Waals surface area contributed by atoms with E-state index in [9.17, 15) is 0 Å². The van der Waals surface area contributed by atoms with E-state index in [4.69, 9.17) is 14.5 Å². The summed E-state index contributed by atoms with van der Waals surface area (Å²) in [4.78, 5) is 4.70. The maximum Gasteiger partial charge on any atom is 0.231 e. The van der Waals surface area contributed by atoms with Crippen molar-refractivity contribution in [2.45, 2.75) is 32.9 Å². The Morgan fingerprint density at radius 1 is 1.20 bits per heavy atom. The van der Waals surface area contributed by atoms with Crippen molar-refractivity contribution in [3.8, 4) is 11.5 Å². The van der Waals surface area contributed by atoms with Crippen LogP contribution < -0.4 is 14.8 Å². The number of ether oxygens (including phenoxy) is 2. The third kappa shape index (κ3) is 3.71. The Bertz CT molecular complexity index is 858. The average Bonchev–Trinajstić information content (AvgIpc) is 3.32. The molecule has 4 nitrogen and oxygen atoms in total. The number of fused-ring (bicyclic) bond motifs is 1. The highest BCUT2D eigenvalue weighted by Gasteiger charge is 2.19. The Labute approximate surface area is 155 Å². The van der Waals surface area contributed by atoms with Crippen LogP contribution in [0, 0.1) is 13.8 Å². The van der Waals surface area contributed by atoms with Gasteiger partial charge in [-0.2, -0.15) is 11.3 Å². The number of aromatic nitrogens is 1. The number of nitrogens with one attached hydrogen (secondary N) is 1. The van der Waals surface area contributed by atoms with Gasteiger partial charge in [-0.15, -0.1) is 11.3 Å². The van der Waals surface area contributed by atoms with Gasteiger partial charge in [0, 0.05) is 17.6 Å². The zero-order valence-electron chi connectivity index (χ0n) is 14.2. The molecule has 2 aromatic heterocycles. The normalized spacial score (nSPS) is 14.0. The molecule has 1 aliphatic rings. The molecule has 130 valence electrons. The minimum Gasteiger partial charge on any atom is -0.454 e. The van der Waals surface area contributed by atoms with Crippen LogP contribution in [0.25, 0.3) is 0 Å². The highest BCUT2D eigenvalue weighted by atomic mass is 32.1. The largest absolute Gasteiger partial charge is 0.454 e. The molecule has 0 saturated carbocycles. The molecule has 25 heavy (non-hydrogen) atoms. The minimum absolute atomic E-state index is 0.207. The van der Waals surface area contributed by atoms with Crippen LogP contribution in [-0.4, -0.2) is 11.8 Å². The van der Waals surface area contributed by atoms with Crippen molar-refractivity contribution in [3.05, 3.63) is 61.7 Å². The average molecular weight is 373 g/mol. The zero-order chi connectivity index (χ0) is 17.2. The van der Waals surface area contributed by atoms with E-state index in [0.717, 1.165) is 35.2 Å². The van der Waals surface area contributed by atoms with Gasteiger partial charge in [0.1, 0.15) is 5.01 Å². The Kier molecular flexibility index (Phi) is 4.74. The molecule has 0 aliphatic carbocycles. The summed E-state index contributed by atoms with van der Waals surface area (Å²) in [5, 5.41) is 11.3. The second-order valence-electron chi connectivity index (χ2n) is 6.23. The second-order valence-corrected chi connectivity index (χ2v) is 7.90. The summed E-state index contributed by atoms with van der Waals surface area (Å²) >= 11 is 3.46. The molecule has 0 saturated heterocycles. The highest BCUT2D eigenvalue weighted by molar-refractivity contribution is 7.09. The first-order chi connectivity index (χ1) is 12.2. The van der Waals surface area contributed by atoms with Gasteiger partial charge < -0.3 is 14.8 Å². The highest BCUT2D eigenvalue weighted by Crippen LogP contribution is 2.35. The first-order valence-electron chi connectivity index (χ1n) is 8.24. The maximum absolute atomic E-state index is 5.52. The van der Waals surface area contributed by atoms with E-state index in [1.165, 1.54) is 16.7 Å². The van der Waals surface area contributed by atoms with Gasteiger partial charge in [-0.1, -0.05) is 0 Å². The van der Waals surface area contributed by atoms with Crippen molar-refractivity contribution < 1.29 is 9.47 Å². The Balaban J connectivity index is 1.53. The van der Waals surface area contributed by atoms with E-state index in [1.807, 2.05) is 6.92 Å². The third-order valence-corrected chi connectivity index (χ3v) is 6.13. The van der Waals surface area contributed by atoms with E-state index < -0.39 is 0 Å². The summed E-state index contributed by atoms with van der Waals surface area (Å²) in [5.74, 6) is 1.67. The molecule has 1 unspecified atom stereocenters. The molecule has 3 heterocycles. The molecule has 1 aliphatic heterocycles. The van der Waals surface area contributed by atoms with Crippen LogP contribution >= 0.6 is 22.7 Å². The van der Waals surface area contributed by atoms with E-state index >= 15 is 0 Å². The molecule has 3 aromatic rings. The fraction of sp³-hybridized carbons (Fsp3) is 0.316. The van der Waals surface area contributed by atoms with Gasteiger partial charge in [0.2, 0.25) is 6.79 Å². The number of thiazole rings is 1. The lowest BCUT2D eigenvalue weighted by molar-refractivity contribution is 0.174. The fourth-order valence-electron chi connectivity index (χ4n) is 2.93. The zero-order valence-corrected chi connectivity index (χ0v) is 15.9. The molecule has 0 spiro atoms. The molecule has 0 radical (unpaired) electrons. The Hall–Kier alpha value is -1.89. The first-order valence-corrected chi connectivity index (χ1v) is 10.1. The van der Waals surface area contributed by atoms with Crippen molar-refractivity contribution in [3.63, 3.8) is 0 Å². The topological polar surface area (TPSA) is 43.4 Å². The number of hydrogen-bond acceptors (Lipinski definition) is 6. The van der Waals surface area contributed by atoms with E-state index in [1.54, 1.807) is 22.7 Å².